The maximum Gasteiger partial charge on any atom is 1.00 e. The van der Waals surface area contributed by atoms with E-state index in [0.717, 1.165) is 30.2 Å². The summed E-state index contributed by atoms with van der Waals surface area (Å²) in [5.41, 5.74) is 2.93. The Hall–Kier alpha value is -4.78. The molecule has 22 nitrogen and oxygen atoms in total. The summed E-state index contributed by atoms with van der Waals surface area (Å²) < 4.78 is 41.4. The molecule has 8 aromatic rings. The van der Waals surface area contributed by atoms with Crippen LogP contribution in [-0.4, -0.2) is 123 Å². The Balaban J connectivity index is 0.000000381. The molecule has 0 spiro atoms. The van der Waals surface area contributed by atoms with Crippen molar-refractivity contribution in [3.63, 3.8) is 0 Å². The summed E-state index contributed by atoms with van der Waals surface area (Å²) in [4.78, 5) is 106. The smallest absolute Gasteiger partial charge is 1.00 e. The van der Waals surface area contributed by atoms with E-state index >= 15 is 0 Å². The molecule has 1 unspecified atom stereocenters. The number of benzene rings is 4. The second-order valence-corrected chi connectivity index (χ2v) is 23.5. The molecule has 2 aliphatic rings. The van der Waals surface area contributed by atoms with Crippen LogP contribution in [0.25, 0.3) is 21.8 Å². The Bertz CT molecular complexity index is 4030. The van der Waals surface area contributed by atoms with Crippen LogP contribution in [0, 0.1) is 35.8 Å². The first-order chi connectivity index (χ1) is 42.6. The number of hydrogen-bond acceptors (Lipinski definition) is 16. The summed E-state index contributed by atoms with van der Waals surface area (Å²) >= 11 is 18.5. The van der Waals surface area contributed by atoms with Crippen LogP contribution in [0.5, 0.6) is 0 Å². The summed E-state index contributed by atoms with van der Waals surface area (Å²) in [6.07, 6.45) is 14.6. The van der Waals surface area contributed by atoms with Crippen LogP contribution in [-0.2, 0) is 59.6 Å². The minimum Gasteiger partial charge on any atom is -1.00 e. The normalized spacial score (nSPS) is 11.7. The number of Topliss-reactive ketones (excluding diaryl/α,β-unsaturated/α-hetero) is 2. The Kier molecular flexibility index (Phi) is 34.4. The number of hydrogen-bond donors (Lipinski definition) is 3. The fraction of sp³-hybridized carbons (Fsp3) is 0.250. The summed E-state index contributed by atoms with van der Waals surface area (Å²) in [5, 5.41) is 23.7. The molecule has 2 N–H and O–H groups in total. The number of terminal acetylenes is 1. The summed E-state index contributed by atoms with van der Waals surface area (Å²) in [5.74, 6) is 5.98. The van der Waals surface area contributed by atoms with Gasteiger partial charge >= 0.3 is 145 Å². The van der Waals surface area contributed by atoms with Gasteiger partial charge in [0.2, 0.25) is 35.3 Å². The van der Waals surface area contributed by atoms with E-state index in [1.807, 2.05) is 6.07 Å². The average molecular weight is 1620 g/mol. The van der Waals surface area contributed by atoms with Gasteiger partial charge in [0.15, 0.2) is 11.6 Å². The molecular weight excluding hydrogens is 1570 g/mol. The first kappa shape index (κ1) is 78.7. The molecule has 0 radical (unpaired) electrons. The number of aromatic nitrogens is 8. The van der Waals surface area contributed by atoms with E-state index in [1.165, 1.54) is 51.2 Å². The zero-order valence-electron chi connectivity index (χ0n) is 50.6. The van der Waals surface area contributed by atoms with Gasteiger partial charge in [-0.1, -0.05) is 73.9 Å². The van der Waals surface area contributed by atoms with Gasteiger partial charge in [0.1, 0.15) is 55.0 Å². The van der Waals surface area contributed by atoms with Crippen molar-refractivity contribution < 1.29 is 196 Å². The topological polar surface area (TPSA) is 287 Å². The number of rotatable bonds is 17. The fourth-order valence-corrected chi connectivity index (χ4v) is 9.02. The number of carbonyl (C=O) groups is 7. The van der Waals surface area contributed by atoms with Crippen molar-refractivity contribution in [2.45, 2.75) is 77.8 Å². The molecule has 2 aliphatic carbocycles. The van der Waals surface area contributed by atoms with Gasteiger partial charge in [0.05, 0.1) is 34.2 Å². The predicted molar refractivity (Wildman–Crippen MR) is 332 cm³/mol. The van der Waals surface area contributed by atoms with E-state index in [4.69, 9.17) is 39.7 Å². The van der Waals surface area contributed by atoms with Crippen molar-refractivity contribution in [1.82, 2.24) is 59.9 Å². The minimum absolute atomic E-state index is 0. The number of fused-ring (bicyclic) bond motifs is 2. The quantitative estimate of drug-likeness (QED) is 0.0223. The number of carbonyl (C=O) groups excluding carboxylic acids is 7. The van der Waals surface area contributed by atoms with Gasteiger partial charge in [0.25, 0.3) is 6.47 Å². The molecular formula is C60H55BrCl2Cs2F2N12O10PS+. The molecule has 91 heavy (non-hydrogen) atoms. The molecule has 0 bridgehead atoms. The van der Waals surface area contributed by atoms with Crippen LogP contribution in [0.1, 0.15) is 90.3 Å². The summed E-state index contributed by atoms with van der Waals surface area (Å²) in [6.45, 7) is 3.55. The number of thiol groups is 1. The zero-order valence-corrected chi connectivity index (χ0v) is 67.1. The molecule has 4 aromatic heterocycles. The van der Waals surface area contributed by atoms with E-state index < -0.39 is 30.5 Å². The number of ketones is 2. The van der Waals surface area contributed by atoms with Crippen LogP contribution >= 0.6 is 58.4 Å². The summed E-state index contributed by atoms with van der Waals surface area (Å²) in [7, 11) is -1.18. The van der Waals surface area contributed by atoms with Gasteiger partial charge in [-0.15, -0.1) is 6.42 Å². The second kappa shape index (κ2) is 39.8. The largest absolute Gasteiger partial charge is 1.00 e. The number of amides is 4. The zero-order chi connectivity index (χ0) is 64.7. The van der Waals surface area contributed by atoms with Gasteiger partial charge < -0.3 is 32.0 Å². The van der Waals surface area contributed by atoms with Gasteiger partial charge in [-0.3, -0.25) is 42.9 Å². The van der Waals surface area contributed by atoms with Gasteiger partial charge in [-0.2, -0.15) is 10.2 Å². The molecule has 2 fully saturated rings. The van der Waals surface area contributed by atoms with Crippen molar-refractivity contribution >= 4 is 122 Å². The fourth-order valence-electron chi connectivity index (χ4n) is 8.27. The molecule has 31 heteroatoms. The van der Waals surface area contributed by atoms with E-state index in [0.29, 0.717) is 44.7 Å². The van der Waals surface area contributed by atoms with Crippen molar-refractivity contribution in [1.29, 1.82) is 0 Å². The molecule has 0 aliphatic heterocycles. The second-order valence-electron chi connectivity index (χ2n) is 19.2. The molecule has 2 saturated carbocycles. The molecule has 4 heterocycles. The SMILES string of the molecule is C#Cc1ncccn1.CC(=O)c1nn(CC(=O)N(CC(=O)NCc2cccc(Cl)c2F)C2CC2)c2ccc(Br)cc12.CC(=O)c1nn(CC(=O)N(CC(=O)NCc2cccc(Cl)c2F)C2CC2)c2ccc(C#Cc3ncccn3)cc12.C[P+](=O)S.O=CO[O-].[Cs+].[Cs+].[H-]. The van der Waals surface area contributed by atoms with Gasteiger partial charge in [0, 0.05) is 95.7 Å². The Morgan fingerprint density at radius 3 is 1.52 bits per heavy atom. The summed E-state index contributed by atoms with van der Waals surface area (Å²) in [6, 6.07) is 23.2. The van der Waals surface area contributed by atoms with Crippen LogP contribution in [0.3, 0.4) is 0 Å². The standard InChI is InChI=1S/C29H24ClFN6O3.C23H21BrClFN4O3.C6H4N2.CH2O3.CH3OPS.2Cs.H/c1-18(38)29-22-14-19(7-11-25-32-12-3-13-33-25)6-10-24(22)37(35-29)17-27(40)36(21-8-9-21)16-26(39)34-15-20-4-2-5-23(30)28(20)31;1-13(31)23-17-9-15(24)5-8-19(17)30(28-23)12-21(33)29(16-6-7-16)11-20(32)27-10-14-3-2-4-18(25)22(14)26;1-2-6-7-4-3-5-8-6;2-1-4-3;1-3(2)4;;;/h2-6,10,12-14,21H,8-9,15-17H2,1H3,(H,34,39);2-5,8-9,16H,6-7,10-12H2,1H3,(H,27,32);1,3-5H;1,3H;1H3;;;/q;;;;;2*+1;-1. The third-order valence-electron chi connectivity index (χ3n) is 12.6. The molecule has 4 amide bonds. The third kappa shape index (κ3) is 25.1. The predicted octanol–water partition coefficient (Wildman–Crippen LogP) is 1.93. The van der Waals surface area contributed by atoms with E-state index in [9.17, 15) is 42.1 Å². The van der Waals surface area contributed by atoms with Crippen LogP contribution in [0.2, 0.25) is 10.0 Å². The first-order valence-corrected chi connectivity index (χ1v) is 31.0. The van der Waals surface area contributed by atoms with Crippen molar-refractivity contribution in [2.24, 2.45) is 0 Å². The number of halogens is 5. The average Bonchev–Trinajstić information content (AvgIpc) is 1.71. The first-order valence-electron chi connectivity index (χ1n) is 26.6. The molecule has 1 atom stereocenters. The molecule has 0 saturated heterocycles. The molecule has 4 aromatic carbocycles. The maximum atomic E-state index is 14.2. The van der Waals surface area contributed by atoms with E-state index in [1.54, 1.807) is 92.1 Å². The number of nitrogens with one attached hydrogen (secondary N) is 2. The Labute approximate surface area is 665 Å². The molecule has 462 valence electrons. The van der Waals surface area contributed by atoms with Crippen molar-refractivity contribution in [3.05, 3.63) is 176 Å². The van der Waals surface area contributed by atoms with Crippen molar-refractivity contribution in [2.75, 3.05) is 19.8 Å². The number of nitrogens with zero attached hydrogens (tertiary/aromatic N) is 10. The Morgan fingerprint density at radius 1 is 0.725 bits per heavy atom. The van der Waals surface area contributed by atoms with Gasteiger partial charge in [-0.05, 0) is 98.2 Å². The maximum absolute atomic E-state index is 14.2. The van der Waals surface area contributed by atoms with E-state index in [2.05, 4.69) is 91.6 Å². The minimum atomic E-state index is -1.18. The van der Waals surface area contributed by atoms with Crippen LogP contribution in [0.4, 0.5) is 8.78 Å². The van der Waals surface area contributed by atoms with Crippen molar-refractivity contribution in [3.8, 4) is 24.2 Å². The van der Waals surface area contributed by atoms with E-state index in [-0.39, 0.29) is 247 Å². The Morgan fingerprint density at radius 2 is 1.13 bits per heavy atom. The van der Waals surface area contributed by atoms with Gasteiger partial charge in [-0.25, -0.2) is 28.7 Å². The van der Waals surface area contributed by atoms with Crippen LogP contribution in [0.15, 0.2) is 114 Å². The monoisotopic (exact) mass is 1620 g/mol. The third-order valence-corrected chi connectivity index (χ3v) is 13.7. The molecule has 10 rings (SSSR count). The van der Waals surface area contributed by atoms with Crippen LogP contribution < -0.4 is 154 Å².